The number of likely N-dealkylation sites (N-methyl/N-ethyl adjacent to an activating group) is 1. The molecule has 0 radical (unpaired) electrons. The monoisotopic (exact) mass is 355 g/mol. The van der Waals surface area contributed by atoms with E-state index in [9.17, 15) is 9.59 Å². The number of para-hydroxylation sites is 1. The number of carbonyl (C=O) groups is 1. The maximum Gasteiger partial charge on any atom is 0.264 e. The van der Waals surface area contributed by atoms with E-state index >= 15 is 0 Å². The van der Waals surface area contributed by atoms with Crippen LogP contribution in [0.3, 0.4) is 0 Å². The van der Waals surface area contributed by atoms with Gasteiger partial charge in [0, 0.05) is 43.3 Å². The van der Waals surface area contributed by atoms with Crippen LogP contribution in [0.4, 0.5) is 0 Å². The van der Waals surface area contributed by atoms with Crippen LogP contribution in [0.2, 0.25) is 0 Å². The lowest BCUT2D eigenvalue weighted by molar-refractivity contribution is 0.0648. The van der Waals surface area contributed by atoms with E-state index in [0.717, 1.165) is 48.3 Å². The number of piperazine rings is 1. The van der Waals surface area contributed by atoms with Gasteiger partial charge in [-0.1, -0.05) is 25.1 Å². The molecule has 1 aliphatic rings. The zero-order valence-corrected chi connectivity index (χ0v) is 15.3. The molecule has 6 heteroatoms. The van der Waals surface area contributed by atoms with Crippen molar-refractivity contribution in [2.45, 2.75) is 6.92 Å². The van der Waals surface area contributed by atoms with E-state index in [-0.39, 0.29) is 11.5 Å². The van der Waals surface area contributed by atoms with Crippen LogP contribution < -0.4 is 5.56 Å². The highest BCUT2D eigenvalue weighted by Gasteiger charge is 2.24. The van der Waals surface area contributed by atoms with Crippen molar-refractivity contribution in [1.82, 2.24) is 14.4 Å². The molecule has 0 saturated carbocycles. The van der Waals surface area contributed by atoms with Crippen molar-refractivity contribution in [2.24, 2.45) is 7.05 Å². The van der Waals surface area contributed by atoms with Gasteiger partial charge in [0.05, 0.1) is 15.8 Å². The van der Waals surface area contributed by atoms with Gasteiger partial charge in [-0.25, -0.2) is 0 Å². The summed E-state index contributed by atoms with van der Waals surface area (Å²) in [5, 5.41) is 1.67. The third kappa shape index (κ3) is 2.65. The second-order valence-corrected chi connectivity index (χ2v) is 7.51. The van der Waals surface area contributed by atoms with Gasteiger partial charge in [0.1, 0.15) is 0 Å². The van der Waals surface area contributed by atoms with Gasteiger partial charge in [0.25, 0.3) is 11.5 Å². The first-order valence-corrected chi connectivity index (χ1v) is 9.44. The van der Waals surface area contributed by atoms with Crippen LogP contribution in [0.25, 0.3) is 21.0 Å². The Kier molecular flexibility index (Phi) is 4.09. The van der Waals surface area contributed by atoms with E-state index < -0.39 is 0 Å². The number of benzene rings is 1. The van der Waals surface area contributed by atoms with Gasteiger partial charge in [-0.05, 0) is 18.7 Å². The first kappa shape index (κ1) is 16.3. The van der Waals surface area contributed by atoms with Crippen molar-refractivity contribution in [3.05, 3.63) is 45.6 Å². The Balaban J connectivity index is 1.77. The van der Waals surface area contributed by atoms with Crippen LogP contribution in [0.1, 0.15) is 16.6 Å². The molecule has 0 N–H and O–H groups in total. The number of hydrogen-bond donors (Lipinski definition) is 0. The molecule has 3 aromatic rings. The molecule has 2 aromatic heterocycles. The Labute approximate surface area is 150 Å². The number of aryl methyl sites for hydroxylation is 1. The molecule has 25 heavy (non-hydrogen) atoms. The normalized spacial score (nSPS) is 16.0. The Morgan fingerprint density at radius 3 is 2.56 bits per heavy atom. The first-order chi connectivity index (χ1) is 12.1. The number of carbonyl (C=O) groups excluding carboxylic acids is 1. The Hall–Kier alpha value is -2.18. The molecule has 1 aromatic carbocycles. The molecular weight excluding hydrogens is 334 g/mol. The maximum atomic E-state index is 12.9. The number of thiophene rings is 1. The van der Waals surface area contributed by atoms with Crippen LogP contribution in [-0.2, 0) is 7.05 Å². The van der Waals surface area contributed by atoms with Crippen molar-refractivity contribution in [3.8, 4) is 0 Å². The highest BCUT2D eigenvalue weighted by molar-refractivity contribution is 7.21. The summed E-state index contributed by atoms with van der Waals surface area (Å²) >= 11 is 1.44. The highest BCUT2D eigenvalue weighted by atomic mass is 32.1. The average Bonchev–Trinajstić information content (AvgIpc) is 3.11. The Bertz CT molecular complexity index is 1010. The first-order valence-electron chi connectivity index (χ1n) is 8.63. The second-order valence-electron chi connectivity index (χ2n) is 6.46. The summed E-state index contributed by atoms with van der Waals surface area (Å²) in [6.45, 7) is 6.49. The standard InChI is InChI=1S/C19H21N3O2S/c1-3-21-8-10-22(11-9-21)19(24)16-12-14-17(25-16)13-6-4-5-7-15(13)20(2)18(14)23/h4-7,12H,3,8-11H2,1-2H3. The molecule has 1 fully saturated rings. The van der Waals surface area contributed by atoms with Gasteiger partial charge in [-0.15, -0.1) is 11.3 Å². The molecule has 0 atom stereocenters. The third-order valence-electron chi connectivity index (χ3n) is 5.09. The van der Waals surface area contributed by atoms with Crippen LogP contribution >= 0.6 is 11.3 Å². The van der Waals surface area contributed by atoms with E-state index in [1.54, 1.807) is 17.7 Å². The van der Waals surface area contributed by atoms with Gasteiger partial charge < -0.3 is 14.4 Å². The van der Waals surface area contributed by atoms with Crippen LogP contribution in [0, 0.1) is 0 Å². The van der Waals surface area contributed by atoms with Crippen molar-refractivity contribution in [3.63, 3.8) is 0 Å². The van der Waals surface area contributed by atoms with E-state index in [1.807, 2.05) is 29.2 Å². The fourth-order valence-corrected chi connectivity index (χ4v) is 4.68. The molecule has 130 valence electrons. The van der Waals surface area contributed by atoms with E-state index in [1.165, 1.54) is 11.3 Å². The molecule has 0 aliphatic carbocycles. The van der Waals surface area contributed by atoms with E-state index in [0.29, 0.717) is 10.3 Å². The van der Waals surface area contributed by atoms with Gasteiger partial charge >= 0.3 is 0 Å². The predicted octanol–water partition coefficient (Wildman–Crippen LogP) is 2.53. The summed E-state index contributed by atoms with van der Waals surface area (Å²) in [4.78, 5) is 30.5. The SMILES string of the molecule is CCN1CCN(C(=O)c2cc3c(=O)n(C)c4ccccc4c3s2)CC1. The van der Waals surface area contributed by atoms with Gasteiger partial charge in [0.2, 0.25) is 0 Å². The van der Waals surface area contributed by atoms with Crippen molar-refractivity contribution in [1.29, 1.82) is 0 Å². The van der Waals surface area contributed by atoms with Gasteiger partial charge in [0.15, 0.2) is 0 Å². The maximum absolute atomic E-state index is 12.9. The highest BCUT2D eigenvalue weighted by Crippen LogP contribution is 2.31. The number of fused-ring (bicyclic) bond motifs is 3. The molecule has 3 heterocycles. The molecule has 5 nitrogen and oxygen atoms in total. The van der Waals surface area contributed by atoms with Gasteiger partial charge in [-0.3, -0.25) is 9.59 Å². The smallest absolute Gasteiger partial charge is 0.264 e. The molecule has 0 unspecified atom stereocenters. The van der Waals surface area contributed by atoms with Crippen molar-refractivity contribution >= 4 is 38.2 Å². The number of nitrogens with zero attached hydrogens (tertiary/aromatic N) is 3. The summed E-state index contributed by atoms with van der Waals surface area (Å²) in [6.07, 6.45) is 0. The Morgan fingerprint density at radius 2 is 1.84 bits per heavy atom. The minimum atomic E-state index is -0.0418. The fraction of sp³-hybridized carbons (Fsp3) is 0.368. The number of aromatic nitrogens is 1. The van der Waals surface area contributed by atoms with Gasteiger partial charge in [-0.2, -0.15) is 0 Å². The molecule has 0 spiro atoms. The lowest BCUT2D eigenvalue weighted by atomic mass is 10.1. The van der Waals surface area contributed by atoms with Crippen LogP contribution in [-0.4, -0.2) is 53.0 Å². The third-order valence-corrected chi connectivity index (χ3v) is 6.25. The van der Waals surface area contributed by atoms with E-state index in [2.05, 4.69) is 11.8 Å². The zero-order valence-electron chi connectivity index (χ0n) is 14.5. The molecule has 1 saturated heterocycles. The number of hydrogen-bond acceptors (Lipinski definition) is 4. The molecule has 4 rings (SSSR count). The summed E-state index contributed by atoms with van der Waals surface area (Å²) in [5.74, 6) is 0.0445. The molecule has 1 aliphatic heterocycles. The Morgan fingerprint density at radius 1 is 1.12 bits per heavy atom. The van der Waals surface area contributed by atoms with Crippen LogP contribution in [0.15, 0.2) is 35.1 Å². The lowest BCUT2D eigenvalue weighted by Gasteiger charge is -2.33. The lowest BCUT2D eigenvalue weighted by Crippen LogP contribution is -2.48. The van der Waals surface area contributed by atoms with Crippen molar-refractivity contribution in [2.75, 3.05) is 32.7 Å². The summed E-state index contributed by atoms with van der Waals surface area (Å²) in [5.41, 5.74) is 0.859. The summed E-state index contributed by atoms with van der Waals surface area (Å²) in [6, 6.07) is 9.64. The molecular formula is C19H21N3O2S. The average molecular weight is 355 g/mol. The molecule has 1 amide bonds. The quantitative estimate of drug-likeness (QED) is 0.710. The molecule has 0 bridgehead atoms. The minimum absolute atomic E-state index is 0.0418. The minimum Gasteiger partial charge on any atom is -0.335 e. The fourth-order valence-electron chi connectivity index (χ4n) is 3.53. The zero-order chi connectivity index (χ0) is 17.6. The van der Waals surface area contributed by atoms with E-state index in [4.69, 9.17) is 0 Å². The summed E-state index contributed by atoms with van der Waals surface area (Å²) < 4.78 is 2.58. The van der Waals surface area contributed by atoms with Crippen LogP contribution in [0.5, 0.6) is 0 Å². The number of amides is 1. The number of pyridine rings is 1. The number of rotatable bonds is 2. The topological polar surface area (TPSA) is 45.6 Å². The predicted molar refractivity (Wildman–Crippen MR) is 103 cm³/mol. The van der Waals surface area contributed by atoms with Crippen molar-refractivity contribution < 1.29 is 4.79 Å². The second kappa shape index (κ2) is 6.28. The summed E-state index contributed by atoms with van der Waals surface area (Å²) in [7, 11) is 1.78. The largest absolute Gasteiger partial charge is 0.335 e.